The van der Waals surface area contributed by atoms with Crippen LogP contribution in [0.25, 0.3) is 6.08 Å². The molecule has 4 nitrogen and oxygen atoms in total. The standard InChI is InChI=1S/C26H34O4/c1-4-7-16-29-25-19-26(30-17-8-5-2)22(18-21(25)9-6-3)12-15-24(28)20-10-13-23(27)14-11-20/h10-15,18-19,27H,4-9,16-17H2,1-3H3. The number of benzene rings is 2. The van der Waals surface area contributed by atoms with Gasteiger partial charge in [-0.3, -0.25) is 4.79 Å². The monoisotopic (exact) mass is 410 g/mol. The fraction of sp³-hybridized carbons (Fsp3) is 0.423. The van der Waals surface area contributed by atoms with Gasteiger partial charge in [0.15, 0.2) is 5.78 Å². The fourth-order valence-electron chi connectivity index (χ4n) is 3.02. The molecule has 0 saturated carbocycles. The average molecular weight is 411 g/mol. The van der Waals surface area contributed by atoms with Crippen LogP contribution < -0.4 is 9.47 Å². The maximum absolute atomic E-state index is 12.5. The van der Waals surface area contributed by atoms with E-state index < -0.39 is 0 Å². The van der Waals surface area contributed by atoms with E-state index in [9.17, 15) is 9.90 Å². The Balaban J connectivity index is 2.31. The molecule has 0 saturated heterocycles. The normalized spacial score (nSPS) is 11.0. The number of carbonyl (C=O) groups excluding carboxylic acids is 1. The Morgan fingerprint density at radius 2 is 1.53 bits per heavy atom. The lowest BCUT2D eigenvalue weighted by Gasteiger charge is -2.16. The largest absolute Gasteiger partial charge is 0.508 e. The first-order chi connectivity index (χ1) is 14.6. The van der Waals surface area contributed by atoms with Crippen molar-refractivity contribution in [3.05, 3.63) is 59.2 Å². The molecule has 0 unspecified atom stereocenters. The zero-order valence-electron chi connectivity index (χ0n) is 18.4. The quantitative estimate of drug-likeness (QED) is 0.230. The van der Waals surface area contributed by atoms with Gasteiger partial charge >= 0.3 is 0 Å². The Hall–Kier alpha value is -2.75. The molecular formula is C26H34O4. The van der Waals surface area contributed by atoms with Gasteiger partial charge in [0.05, 0.1) is 13.2 Å². The lowest BCUT2D eigenvalue weighted by molar-refractivity contribution is 0.104. The summed E-state index contributed by atoms with van der Waals surface area (Å²) in [5, 5.41) is 9.41. The molecule has 2 aromatic rings. The van der Waals surface area contributed by atoms with Crippen molar-refractivity contribution in [2.45, 2.75) is 59.3 Å². The van der Waals surface area contributed by atoms with Crippen LogP contribution in [0.1, 0.15) is 74.4 Å². The molecule has 0 spiro atoms. The van der Waals surface area contributed by atoms with Gasteiger partial charge in [0.1, 0.15) is 17.2 Å². The number of aromatic hydroxyl groups is 1. The summed E-state index contributed by atoms with van der Waals surface area (Å²) in [6.45, 7) is 7.74. The summed E-state index contributed by atoms with van der Waals surface area (Å²) in [5.41, 5.74) is 2.54. The second-order valence-corrected chi connectivity index (χ2v) is 7.40. The third-order valence-electron chi connectivity index (χ3n) is 4.79. The predicted molar refractivity (Wildman–Crippen MR) is 123 cm³/mol. The van der Waals surface area contributed by atoms with E-state index in [2.05, 4.69) is 26.8 Å². The van der Waals surface area contributed by atoms with E-state index in [0.29, 0.717) is 18.8 Å². The summed E-state index contributed by atoms with van der Waals surface area (Å²) >= 11 is 0. The van der Waals surface area contributed by atoms with Crippen LogP contribution in [0.15, 0.2) is 42.5 Å². The molecule has 0 aliphatic carbocycles. The Morgan fingerprint density at radius 3 is 2.13 bits per heavy atom. The van der Waals surface area contributed by atoms with Crippen molar-refractivity contribution in [2.24, 2.45) is 0 Å². The number of ether oxygens (including phenoxy) is 2. The molecule has 0 bridgehead atoms. The zero-order chi connectivity index (χ0) is 21.8. The van der Waals surface area contributed by atoms with E-state index >= 15 is 0 Å². The molecule has 2 aromatic carbocycles. The van der Waals surface area contributed by atoms with Gasteiger partial charge in [0.25, 0.3) is 0 Å². The molecule has 0 heterocycles. The number of phenolic OH excluding ortho intramolecular Hbond substituents is 1. The minimum absolute atomic E-state index is 0.116. The highest BCUT2D eigenvalue weighted by Gasteiger charge is 2.12. The summed E-state index contributed by atoms with van der Waals surface area (Å²) in [6.07, 6.45) is 9.41. The van der Waals surface area contributed by atoms with E-state index in [-0.39, 0.29) is 11.5 Å². The Kier molecular flexibility index (Phi) is 9.99. The maximum atomic E-state index is 12.5. The molecule has 0 radical (unpaired) electrons. The molecule has 0 atom stereocenters. The minimum Gasteiger partial charge on any atom is -0.508 e. The lowest BCUT2D eigenvalue weighted by Crippen LogP contribution is -2.04. The fourth-order valence-corrected chi connectivity index (χ4v) is 3.02. The van der Waals surface area contributed by atoms with Crippen molar-refractivity contribution >= 4 is 11.9 Å². The molecule has 2 rings (SSSR count). The predicted octanol–water partition coefficient (Wildman–Crippen LogP) is 6.60. The molecule has 0 aliphatic rings. The summed E-state index contributed by atoms with van der Waals surface area (Å²) in [4.78, 5) is 12.5. The first-order valence-electron chi connectivity index (χ1n) is 11.0. The van der Waals surface area contributed by atoms with Crippen LogP contribution in [0.3, 0.4) is 0 Å². The van der Waals surface area contributed by atoms with Gasteiger partial charge in [-0.15, -0.1) is 0 Å². The van der Waals surface area contributed by atoms with Crippen molar-refractivity contribution in [1.29, 1.82) is 0 Å². The van der Waals surface area contributed by atoms with Crippen LogP contribution in [0.5, 0.6) is 17.2 Å². The highest BCUT2D eigenvalue weighted by Crippen LogP contribution is 2.32. The zero-order valence-corrected chi connectivity index (χ0v) is 18.4. The number of hydrogen-bond acceptors (Lipinski definition) is 4. The van der Waals surface area contributed by atoms with E-state index in [4.69, 9.17) is 9.47 Å². The molecule has 4 heteroatoms. The molecule has 162 valence electrons. The van der Waals surface area contributed by atoms with Gasteiger partial charge in [-0.05, 0) is 67.3 Å². The number of ketones is 1. The smallest absolute Gasteiger partial charge is 0.185 e. The minimum atomic E-state index is -0.116. The first kappa shape index (κ1) is 23.5. The molecule has 0 aliphatic heterocycles. The van der Waals surface area contributed by atoms with Crippen molar-refractivity contribution in [3.63, 3.8) is 0 Å². The topological polar surface area (TPSA) is 55.8 Å². The van der Waals surface area contributed by atoms with Crippen molar-refractivity contribution in [2.75, 3.05) is 13.2 Å². The second kappa shape index (κ2) is 12.7. The van der Waals surface area contributed by atoms with Gasteiger partial charge in [0, 0.05) is 17.2 Å². The van der Waals surface area contributed by atoms with Gasteiger partial charge in [0.2, 0.25) is 0 Å². The molecule has 0 amide bonds. The van der Waals surface area contributed by atoms with Gasteiger partial charge in [-0.25, -0.2) is 0 Å². The van der Waals surface area contributed by atoms with E-state index in [0.717, 1.165) is 61.2 Å². The highest BCUT2D eigenvalue weighted by molar-refractivity contribution is 6.07. The van der Waals surface area contributed by atoms with Crippen molar-refractivity contribution in [1.82, 2.24) is 0 Å². The average Bonchev–Trinajstić information content (AvgIpc) is 2.75. The number of phenols is 1. The van der Waals surface area contributed by atoms with E-state index in [1.54, 1.807) is 18.2 Å². The lowest BCUT2D eigenvalue weighted by atomic mass is 10.0. The van der Waals surface area contributed by atoms with Gasteiger partial charge in [-0.2, -0.15) is 0 Å². The van der Waals surface area contributed by atoms with Crippen LogP contribution in [0.4, 0.5) is 0 Å². The number of unbranched alkanes of at least 4 members (excludes halogenated alkanes) is 2. The van der Waals surface area contributed by atoms with Crippen LogP contribution >= 0.6 is 0 Å². The SMILES string of the molecule is CCCCOc1cc(OCCCC)c(CCC)cc1C=CC(=O)c1ccc(O)cc1. The van der Waals surface area contributed by atoms with Gasteiger partial charge in [-0.1, -0.05) is 40.0 Å². The number of carbonyl (C=O) groups is 1. The maximum Gasteiger partial charge on any atom is 0.185 e. The van der Waals surface area contributed by atoms with E-state index in [1.165, 1.54) is 12.1 Å². The van der Waals surface area contributed by atoms with Crippen molar-refractivity contribution in [3.8, 4) is 17.2 Å². The van der Waals surface area contributed by atoms with Gasteiger partial charge < -0.3 is 14.6 Å². The molecule has 1 N–H and O–H groups in total. The number of rotatable bonds is 13. The Labute approximate surface area is 180 Å². The molecule has 30 heavy (non-hydrogen) atoms. The third-order valence-corrected chi connectivity index (χ3v) is 4.79. The Bertz CT molecular complexity index is 822. The summed E-state index contributed by atoms with van der Waals surface area (Å²) < 4.78 is 12.1. The van der Waals surface area contributed by atoms with E-state index in [1.807, 2.05) is 12.1 Å². The highest BCUT2D eigenvalue weighted by atomic mass is 16.5. The Morgan fingerprint density at radius 1 is 0.900 bits per heavy atom. The third kappa shape index (κ3) is 7.25. The summed E-state index contributed by atoms with van der Waals surface area (Å²) in [6, 6.07) is 10.3. The summed E-state index contributed by atoms with van der Waals surface area (Å²) in [7, 11) is 0. The first-order valence-corrected chi connectivity index (χ1v) is 11.0. The summed E-state index contributed by atoms with van der Waals surface area (Å²) in [5.74, 6) is 1.64. The molecular weight excluding hydrogens is 376 g/mol. The van der Waals surface area contributed by atoms with Crippen LogP contribution in [0, 0.1) is 0 Å². The molecule has 0 fully saturated rings. The van der Waals surface area contributed by atoms with Crippen LogP contribution in [-0.2, 0) is 6.42 Å². The van der Waals surface area contributed by atoms with Crippen molar-refractivity contribution < 1.29 is 19.4 Å². The number of hydrogen-bond donors (Lipinski definition) is 1. The number of allylic oxidation sites excluding steroid dienone is 1. The molecule has 0 aromatic heterocycles. The number of aryl methyl sites for hydroxylation is 1. The second-order valence-electron chi connectivity index (χ2n) is 7.40. The van der Waals surface area contributed by atoms with Crippen LogP contribution in [0.2, 0.25) is 0 Å². The van der Waals surface area contributed by atoms with Crippen LogP contribution in [-0.4, -0.2) is 24.1 Å².